The van der Waals surface area contributed by atoms with E-state index in [1.54, 1.807) is 12.1 Å². The summed E-state index contributed by atoms with van der Waals surface area (Å²) in [5, 5.41) is 7.53. The van der Waals surface area contributed by atoms with E-state index in [4.69, 9.17) is 23.2 Å². The van der Waals surface area contributed by atoms with Crippen LogP contribution in [0.25, 0.3) is 0 Å². The Morgan fingerprint density at radius 1 is 1.32 bits per heavy atom. The Morgan fingerprint density at radius 3 is 2.64 bits per heavy atom. The predicted molar refractivity (Wildman–Crippen MR) is 89.2 cm³/mol. The Kier molecular flexibility index (Phi) is 6.57. The van der Waals surface area contributed by atoms with Crippen molar-refractivity contribution in [3.8, 4) is 0 Å². The van der Waals surface area contributed by atoms with Crippen molar-refractivity contribution >= 4 is 40.6 Å². The van der Waals surface area contributed by atoms with Crippen molar-refractivity contribution in [2.24, 2.45) is 0 Å². The monoisotopic (exact) mass is 358 g/mol. The number of aromatic nitrogens is 2. The van der Waals surface area contributed by atoms with E-state index in [1.807, 2.05) is 24.0 Å². The highest BCUT2D eigenvalue weighted by molar-refractivity contribution is 7.10. The van der Waals surface area contributed by atoms with Gasteiger partial charge in [-0.3, -0.25) is 9.69 Å². The molecule has 0 radical (unpaired) electrons. The average Bonchev–Trinajstić information content (AvgIpc) is 2.91. The van der Waals surface area contributed by atoms with Gasteiger partial charge in [0.1, 0.15) is 10.0 Å². The minimum atomic E-state index is -0.0453. The molecule has 0 unspecified atom stereocenters. The van der Waals surface area contributed by atoms with E-state index in [2.05, 4.69) is 14.9 Å². The van der Waals surface area contributed by atoms with Crippen molar-refractivity contribution < 1.29 is 4.79 Å². The van der Waals surface area contributed by atoms with Gasteiger partial charge in [0.05, 0.1) is 6.54 Å². The molecular formula is C14H16Cl2N4OS. The zero-order valence-electron chi connectivity index (χ0n) is 12.1. The molecule has 22 heavy (non-hydrogen) atoms. The zero-order chi connectivity index (χ0) is 15.9. The second-order valence-electron chi connectivity index (χ2n) is 4.70. The molecule has 2 rings (SSSR count). The van der Waals surface area contributed by atoms with Crippen LogP contribution in [0.15, 0.2) is 24.3 Å². The topological polar surface area (TPSA) is 58.1 Å². The molecule has 8 heteroatoms. The van der Waals surface area contributed by atoms with Crippen LogP contribution in [0.4, 0.5) is 0 Å². The molecule has 0 saturated carbocycles. The molecule has 0 aliphatic rings. The predicted octanol–water partition coefficient (Wildman–Crippen LogP) is 2.98. The normalized spacial score (nSPS) is 10.9. The zero-order valence-corrected chi connectivity index (χ0v) is 14.4. The number of nitrogens with zero attached hydrogens (tertiary/aromatic N) is 3. The van der Waals surface area contributed by atoms with Crippen molar-refractivity contribution in [3.63, 3.8) is 0 Å². The molecule has 0 spiro atoms. The first-order valence-corrected chi connectivity index (χ1v) is 8.31. The third-order valence-corrected chi connectivity index (χ3v) is 4.34. The number of hydrogen-bond acceptors (Lipinski definition) is 5. The van der Waals surface area contributed by atoms with Gasteiger partial charge in [-0.15, -0.1) is 5.10 Å². The highest BCUT2D eigenvalue weighted by atomic mass is 35.5. The lowest BCUT2D eigenvalue weighted by atomic mass is 10.2. The maximum atomic E-state index is 12.0. The number of likely N-dealkylation sites (N-methyl/N-ethyl adjacent to an activating group) is 1. The first-order valence-electron chi connectivity index (χ1n) is 6.78. The summed E-state index contributed by atoms with van der Waals surface area (Å²) in [4.78, 5) is 14.0. The molecule has 1 amide bonds. The molecule has 0 aliphatic heterocycles. The summed E-state index contributed by atoms with van der Waals surface area (Å²) in [6.07, 6.45) is 0. The molecule has 1 aromatic carbocycles. The van der Waals surface area contributed by atoms with Gasteiger partial charge >= 0.3 is 0 Å². The fourth-order valence-corrected chi connectivity index (χ4v) is 2.58. The second-order valence-corrected chi connectivity index (χ2v) is 6.49. The van der Waals surface area contributed by atoms with Crippen LogP contribution in [0.3, 0.4) is 0 Å². The minimum Gasteiger partial charge on any atom is -0.351 e. The number of carbonyl (C=O) groups excluding carboxylic acids is 1. The number of nitrogens with one attached hydrogen (secondary N) is 1. The number of rotatable bonds is 7. The maximum absolute atomic E-state index is 12.0. The van der Waals surface area contributed by atoms with Gasteiger partial charge in [0.25, 0.3) is 0 Å². The van der Waals surface area contributed by atoms with Crippen LogP contribution in [0.5, 0.6) is 0 Å². The van der Waals surface area contributed by atoms with Crippen molar-refractivity contribution in [1.29, 1.82) is 0 Å². The molecule has 0 saturated heterocycles. The first-order chi connectivity index (χ1) is 10.6. The Labute approximate surface area is 143 Å². The number of amides is 1. The lowest BCUT2D eigenvalue weighted by Crippen LogP contribution is -2.36. The van der Waals surface area contributed by atoms with Crippen LogP contribution in [-0.4, -0.2) is 33.5 Å². The van der Waals surface area contributed by atoms with Crippen molar-refractivity contribution in [3.05, 3.63) is 44.9 Å². The first kappa shape index (κ1) is 17.1. The molecule has 0 fully saturated rings. The molecule has 118 valence electrons. The highest BCUT2D eigenvalue weighted by Gasteiger charge is 2.13. The van der Waals surface area contributed by atoms with Gasteiger partial charge in [0.15, 0.2) is 0 Å². The third kappa shape index (κ3) is 5.21. The molecule has 0 aliphatic carbocycles. The SMILES string of the molecule is CCN(CC(=O)NCc1ccc(Cl)cc1)Cc1nnsc1Cl. The maximum Gasteiger partial charge on any atom is 0.234 e. The van der Waals surface area contributed by atoms with E-state index in [9.17, 15) is 4.79 Å². The second kappa shape index (κ2) is 8.43. The van der Waals surface area contributed by atoms with E-state index in [0.717, 1.165) is 23.6 Å². The summed E-state index contributed by atoms with van der Waals surface area (Å²) in [5.74, 6) is -0.0453. The summed E-state index contributed by atoms with van der Waals surface area (Å²) in [7, 11) is 0. The third-order valence-electron chi connectivity index (χ3n) is 3.10. The molecule has 5 nitrogen and oxygen atoms in total. The van der Waals surface area contributed by atoms with Gasteiger partial charge in [-0.05, 0) is 24.2 Å². The summed E-state index contributed by atoms with van der Waals surface area (Å²) >= 11 is 13.0. The molecule has 0 bridgehead atoms. The van der Waals surface area contributed by atoms with Crippen LogP contribution in [-0.2, 0) is 17.9 Å². The molecule has 0 atom stereocenters. The number of hydrogen-bond donors (Lipinski definition) is 1. The van der Waals surface area contributed by atoms with Gasteiger partial charge < -0.3 is 5.32 Å². The van der Waals surface area contributed by atoms with Gasteiger partial charge in [-0.2, -0.15) is 0 Å². The van der Waals surface area contributed by atoms with Crippen molar-refractivity contribution in [2.45, 2.75) is 20.0 Å². The minimum absolute atomic E-state index is 0.0453. The van der Waals surface area contributed by atoms with Crippen molar-refractivity contribution in [1.82, 2.24) is 19.8 Å². The van der Waals surface area contributed by atoms with E-state index in [1.165, 1.54) is 0 Å². The number of carbonyl (C=O) groups is 1. The van der Waals surface area contributed by atoms with Gasteiger partial charge in [-0.1, -0.05) is 46.7 Å². The lowest BCUT2D eigenvalue weighted by Gasteiger charge is -2.18. The van der Waals surface area contributed by atoms with E-state index >= 15 is 0 Å². The van der Waals surface area contributed by atoms with Gasteiger partial charge in [0.2, 0.25) is 5.91 Å². The Bertz CT molecular complexity index is 618. The van der Waals surface area contributed by atoms with Gasteiger partial charge in [0, 0.05) is 29.6 Å². The van der Waals surface area contributed by atoms with Crippen molar-refractivity contribution in [2.75, 3.05) is 13.1 Å². The van der Waals surface area contributed by atoms with Crippen LogP contribution < -0.4 is 5.32 Å². The molecular weight excluding hydrogens is 343 g/mol. The summed E-state index contributed by atoms with van der Waals surface area (Å²) in [6, 6.07) is 7.39. The fourth-order valence-electron chi connectivity index (χ4n) is 1.84. The lowest BCUT2D eigenvalue weighted by molar-refractivity contribution is -0.122. The molecule has 1 N–H and O–H groups in total. The Balaban J connectivity index is 1.81. The van der Waals surface area contributed by atoms with Crippen LogP contribution >= 0.6 is 34.7 Å². The average molecular weight is 359 g/mol. The molecule has 1 aromatic heterocycles. The smallest absolute Gasteiger partial charge is 0.234 e. The van der Waals surface area contributed by atoms with Crippen LogP contribution in [0.1, 0.15) is 18.2 Å². The largest absolute Gasteiger partial charge is 0.351 e. The number of halogens is 2. The van der Waals surface area contributed by atoms with Gasteiger partial charge in [-0.25, -0.2) is 0 Å². The van der Waals surface area contributed by atoms with E-state index < -0.39 is 0 Å². The summed E-state index contributed by atoms with van der Waals surface area (Å²) in [6.45, 7) is 3.99. The molecule has 2 aromatic rings. The summed E-state index contributed by atoms with van der Waals surface area (Å²) in [5.41, 5.74) is 1.71. The standard InChI is InChI=1S/C14H16Cl2N4OS/c1-2-20(8-12-14(16)22-19-18-12)9-13(21)17-7-10-3-5-11(15)6-4-10/h3-6H,2,7-9H2,1H3,(H,17,21). The van der Waals surface area contributed by atoms with Crippen LogP contribution in [0, 0.1) is 0 Å². The van der Waals surface area contributed by atoms with E-state index in [0.29, 0.717) is 28.1 Å². The number of benzene rings is 1. The quantitative estimate of drug-likeness (QED) is 0.826. The Morgan fingerprint density at radius 2 is 2.05 bits per heavy atom. The van der Waals surface area contributed by atoms with Crippen LogP contribution in [0.2, 0.25) is 9.36 Å². The summed E-state index contributed by atoms with van der Waals surface area (Å²) < 4.78 is 4.36. The van der Waals surface area contributed by atoms with E-state index in [-0.39, 0.29) is 12.5 Å². The molecule has 1 heterocycles. The highest BCUT2D eigenvalue weighted by Crippen LogP contribution is 2.18. The Hall–Kier alpha value is -1.21. The fraction of sp³-hybridized carbons (Fsp3) is 0.357.